The van der Waals surface area contributed by atoms with Crippen LogP contribution in [0.25, 0.3) is 17.2 Å². The predicted molar refractivity (Wildman–Crippen MR) is 153 cm³/mol. The Morgan fingerprint density at radius 1 is 0.900 bits per heavy atom. The van der Waals surface area contributed by atoms with Gasteiger partial charge in [0.2, 0.25) is 5.82 Å². The fraction of sp³-hybridized carbons (Fsp3) is 0.281. The standard InChI is InChI=1S/C32H35N3O5/c1-2-37-31(36)18-12-4-3-11-17-29(26-13-7-5-8-14-26)34-39-23-25-19-21-28(22-20-25)38-24-30-33-32(40-35-30)27-15-9-6-10-16-27/h5-10,13-17,19-22,34H,2-4,11-12,18,23-24H2,1H3. The van der Waals surface area contributed by atoms with Gasteiger partial charge >= 0.3 is 5.97 Å². The van der Waals surface area contributed by atoms with Gasteiger partial charge in [0.15, 0.2) is 6.61 Å². The number of ether oxygens (including phenoxy) is 2. The molecule has 0 fully saturated rings. The van der Waals surface area contributed by atoms with Crippen LogP contribution < -0.4 is 10.2 Å². The molecule has 0 saturated heterocycles. The van der Waals surface area contributed by atoms with E-state index < -0.39 is 0 Å². The summed E-state index contributed by atoms with van der Waals surface area (Å²) in [5.41, 5.74) is 6.95. The highest BCUT2D eigenvalue weighted by atomic mass is 16.6. The number of aromatic nitrogens is 2. The number of hydroxylamine groups is 1. The van der Waals surface area contributed by atoms with Gasteiger partial charge in [-0.25, -0.2) is 0 Å². The number of rotatable bonds is 16. The maximum absolute atomic E-state index is 11.5. The van der Waals surface area contributed by atoms with Crippen LogP contribution in [0.3, 0.4) is 0 Å². The van der Waals surface area contributed by atoms with Crippen molar-refractivity contribution in [3.8, 4) is 17.2 Å². The summed E-state index contributed by atoms with van der Waals surface area (Å²) in [6.07, 6.45) is 6.27. The summed E-state index contributed by atoms with van der Waals surface area (Å²) in [6.45, 7) is 2.86. The molecule has 3 aromatic carbocycles. The van der Waals surface area contributed by atoms with Crippen molar-refractivity contribution in [3.63, 3.8) is 0 Å². The van der Waals surface area contributed by atoms with E-state index in [0.717, 1.165) is 48.1 Å². The average molecular weight is 542 g/mol. The van der Waals surface area contributed by atoms with Crippen LogP contribution in [0.2, 0.25) is 0 Å². The lowest BCUT2D eigenvalue weighted by molar-refractivity contribution is -0.143. The molecule has 0 amide bonds. The largest absolute Gasteiger partial charge is 0.485 e. The second-order valence-corrected chi connectivity index (χ2v) is 9.09. The first-order valence-corrected chi connectivity index (χ1v) is 13.6. The average Bonchev–Trinajstić information content (AvgIpc) is 3.48. The number of nitrogens with one attached hydrogen (secondary N) is 1. The summed E-state index contributed by atoms with van der Waals surface area (Å²) in [7, 11) is 0. The molecule has 40 heavy (non-hydrogen) atoms. The van der Waals surface area contributed by atoms with Crippen molar-refractivity contribution < 1.29 is 23.6 Å². The Bertz CT molecular complexity index is 1320. The Hall–Kier alpha value is -4.43. The van der Waals surface area contributed by atoms with E-state index in [9.17, 15) is 4.79 Å². The molecule has 1 aromatic heterocycles. The van der Waals surface area contributed by atoms with E-state index in [1.807, 2.05) is 91.9 Å². The Kier molecular flexibility index (Phi) is 11.3. The fourth-order valence-corrected chi connectivity index (χ4v) is 3.94. The zero-order valence-corrected chi connectivity index (χ0v) is 22.8. The number of carbonyl (C=O) groups is 1. The number of nitrogens with zero attached hydrogens (tertiary/aromatic N) is 2. The minimum Gasteiger partial charge on any atom is -0.485 e. The molecule has 0 aliphatic carbocycles. The van der Waals surface area contributed by atoms with Gasteiger partial charge in [-0.1, -0.05) is 78.3 Å². The zero-order chi connectivity index (χ0) is 27.8. The number of hydrogen-bond donors (Lipinski definition) is 1. The first-order chi connectivity index (χ1) is 19.7. The van der Waals surface area contributed by atoms with Crippen LogP contribution in [0, 0.1) is 0 Å². The molecular formula is C32H35N3O5. The smallest absolute Gasteiger partial charge is 0.305 e. The lowest BCUT2D eigenvalue weighted by Crippen LogP contribution is -2.13. The second-order valence-electron chi connectivity index (χ2n) is 9.09. The molecule has 208 valence electrons. The summed E-state index contributed by atoms with van der Waals surface area (Å²) < 4.78 is 16.1. The molecule has 0 spiro atoms. The number of esters is 1. The topological polar surface area (TPSA) is 95.7 Å². The van der Waals surface area contributed by atoms with Crippen LogP contribution in [0.4, 0.5) is 0 Å². The quantitative estimate of drug-likeness (QED) is 0.0930. The highest BCUT2D eigenvalue weighted by Gasteiger charge is 2.09. The third-order valence-electron chi connectivity index (χ3n) is 6.02. The highest BCUT2D eigenvalue weighted by molar-refractivity contribution is 5.69. The van der Waals surface area contributed by atoms with Crippen molar-refractivity contribution in [2.45, 2.75) is 52.2 Å². The van der Waals surface area contributed by atoms with Gasteiger partial charge in [0.05, 0.1) is 18.9 Å². The van der Waals surface area contributed by atoms with Gasteiger partial charge in [0.1, 0.15) is 5.75 Å². The predicted octanol–water partition coefficient (Wildman–Crippen LogP) is 6.89. The first-order valence-electron chi connectivity index (χ1n) is 13.6. The van der Waals surface area contributed by atoms with Crippen molar-refractivity contribution in [1.82, 2.24) is 15.6 Å². The maximum Gasteiger partial charge on any atom is 0.305 e. The second kappa shape index (κ2) is 15.9. The molecule has 0 aliphatic rings. The van der Waals surface area contributed by atoms with Gasteiger partial charge in [-0.3, -0.25) is 15.1 Å². The highest BCUT2D eigenvalue weighted by Crippen LogP contribution is 2.19. The monoisotopic (exact) mass is 541 g/mol. The molecule has 1 heterocycles. The molecule has 4 rings (SSSR count). The van der Waals surface area contributed by atoms with Gasteiger partial charge in [-0.2, -0.15) is 4.98 Å². The number of carbonyl (C=O) groups excluding carboxylic acids is 1. The number of unbranched alkanes of at least 4 members (excludes halogenated alkanes) is 3. The summed E-state index contributed by atoms with van der Waals surface area (Å²) in [5, 5.41) is 3.99. The molecule has 1 N–H and O–H groups in total. The molecule has 0 unspecified atom stereocenters. The molecule has 0 radical (unpaired) electrons. The van der Waals surface area contributed by atoms with Gasteiger partial charge in [0, 0.05) is 12.0 Å². The SMILES string of the molecule is CCOC(=O)CCCCCC=C(NOCc1ccc(OCc2noc(-c3ccccc3)n2)cc1)c1ccccc1. The minimum absolute atomic E-state index is 0.123. The van der Waals surface area contributed by atoms with Crippen LogP contribution in [-0.4, -0.2) is 22.7 Å². The molecular weight excluding hydrogens is 506 g/mol. The van der Waals surface area contributed by atoms with Crippen molar-refractivity contribution >= 4 is 11.7 Å². The van der Waals surface area contributed by atoms with Crippen molar-refractivity contribution in [2.24, 2.45) is 0 Å². The molecule has 0 aliphatic heterocycles. The first kappa shape index (κ1) is 28.6. The Balaban J connectivity index is 1.21. The van der Waals surface area contributed by atoms with Crippen LogP contribution in [0.5, 0.6) is 5.75 Å². The summed E-state index contributed by atoms with van der Waals surface area (Å²) in [6, 6.07) is 27.4. The van der Waals surface area contributed by atoms with E-state index in [1.165, 1.54) is 0 Å². The summed E-state index contributed by atoms with van der Waals surface area (Å²) >= 11 is 0. The van der Waals surface area contributed by atoms with Crippen molar-refractivity contribution in [1.29, 1.82) is 0 Å². The van der Waals surface area contributed by atoms with Crippen molar-refractivity contribution in [2.75, 3.05) is 6.61 Å². The molecule has 8 heteroatoms. The van der Waals surface area contributed by atoms with Crippen molar-refractivity contribution in [3.05, 3.63) is 108 Å². The number of benzene rings is 3. The van der Waals surface area contributed by atoms with E-state index >= 15 is 0 Å². The van der Waals surface area contributed by atoms with E-state index in [0.29, 0.717) is 37.1 Å². The Morgan fingerprint density at radius 2 is 1.65 bits per heavy atom. The Morgan fingerprint density at radius 3 is 2.40 bits per heavy atom. The van der Waals surface area contributed by atoms with E-state index in [1.54, 1.807) is 0 Å². The Labute approximate surface area is 234 Å². The lowest BCUT2D eigenvalue weighted by atomic mass is 10.1. The normalized spacial score (nSPS) is 11.3. The number of allylic oxidation sites excluding steroid dienone is 1. The summed E-state index contributed by atoms with van der Waals surface area (Å²) in [5.74, 6) is 1.53. The van der Waals surface area contributed by atoms with E-state index in [2.05, 4.69) is 21.7 Å². The zero-order valence-electron chi connectivity index (χ0n) is 22.8. The lowest BCUT2D eigenvalue weighted by Gasteiger charge is -2.12. The molecule has 0 atom stereocenters. The molecule has 0 bridgehead atoms. The third-order valence-corrected chi connectivity index (χ3v) is 6.02. The van der Waals surface area contributed by atoms with E-state index in [-0.39, 0.29) is 12.6 Å². The van der Waals surface area contributed by atoms with Crippen LogP contribution in [-0.2, 0) is 27.6 Å². The number of hydrogen-bond acceptors (Lipinski definition) is 8. The fourth-order valence-electron chi connectivity index (χ4n) is 3.94. The van der Waals surface area contributed by atoms with E-state index in [4.69, 9.17) is 18.8 Å². The van der Waals surface area contributed by atoms with Gasteiger partial charge in [-0.15, -0.1) is 0 Å². The van der Waals surface area contributed by atoms with Crippen LogP contribution in [0.1, 0.15) is 56.0 Å². The molecule has 8 nitrogen and oxygen atoms in total. The molecule has 4 aromatic rings. The summed E-state index contributed by atoms with van der Waals surface area (Å²) in [4.78, 5) is 21.7. The van der Waals surface area contributed by atoms with Crippen LogP contribution >= 0.6 is 0 Å². The molecule has 0 saturated carbocycles. The maximum atomic E-state index is 11.5. The minimum atomic E-state index is -0.123. The van der Waals surface area contributed by atoms with Gasteiger partial charge in [-0.05, 0) is 61.6 Å². The van der Waals surface area contributed by atoms with Gasteiger partial charge in [0.25, 0.3) is 5.89 Å². The third kappa shape index (κ3) is 9.39. The van der Waals surface area contributed by atoms with Crippen LogP contribution in [0.15, 0.2) is 95.5 Å². The van der Waals surface area contributed by atoms with Gasteiger partial charge < -0.3 is 14.0 Å².